The molecule has 3 aliphatic rings. The quantitative estimate of drug-likeness (QED) is 0.560. The Morgan fingerprint density at radius 1 is 1.00 bits per heavy atom. The minimum Gasteiger partial charge on any atom is -0.465 e. The van der Waals surface area contributed by atoms with E-state index in [-0.39, 0.29) is 17.1 Å². The maximum Gasteiger partial charge on any atom is 0.407 e. The molecule has 2 fully saturated rings. The number of carbonyl (C=O) groups is 1. The number of sulfonamides is 1. The van der Waals surface area contributed by atoms with Crippen LogP contribution in [-0.4, -0.2) is 88.2 Å². The second kappa shape index (κ2) is 11.4. The molecule has 1 atom stereocenters. The Labute approximate surface area is 217 Å². The van der Waals surface area contributed by atoms with Gasteiger partial charge in [0.2, 0.25) is 16.3 Å². The summed E-state index contributed by atoms with van der Waals surface area (Å²) < 4.78 is 45.5. The number of benzene rings is 2. The zero-order valence-corrected chi connectivity index (χ0v) is 21.5. The first-order valence-electron chi connectivity index (χ1n) is 12.7. The summed E-state index contributed by atoms with van der Waals surface area (Å²) in [7, 11) is -3.58. The van der Waals surface area contributed by atoms with Gasteiger partial charge >= 0.3 is 6.09 Å². The van der Waals surface area contributed by atoms with E-state index in [4.69, 9.17) is 19.3 Å². The topological polar surface area (TPSA) is 118 Å². The summed E-state index contributed by atoms with van der Waals surface area (Å²) >= 11 is 0. The van der Waals surface area contributed by atoms with Crippen LogP contribution in [0.5, 0.6) is 5.75 Å². The van der Waals surface area contributed by atoms with Crippen molar-refractivity contribution in [1.29, 1.82) is 0 Å². The Kier molecular flexibility index (Phi) is 7.96. The Morgan fingerprint density at radius 2 is 1.70 bits per heavy atom. The summed E-state index contributed by atoms with van der Waals surface area (Å²) in [5.41, 5.74) is 2.78. The van der Waals surface area contributed by atoms with Gasteiger partial charge in [-0.05, 0) is 48.2 Å². The molecule has 0 bridgehead atoms. The molecule has 0 radical (unpaired) electrons. The molecule has 0 aromatic heterocycles. The first kappa shape index (κ1) is 25.9. The Bertz CT molecular complexity index is 1190. The molecule has 1 unspecified atom stereocenters. The number of morpholine rings is 1. The van der Waals surface area contributed by atoms with Crippen molar-refractivity contribution in [3.63, 3.8) is 0 Å². The molecular formula is C26H33N3O7S. The van der Waals surface area contributed by atoms with Crippen molar-refractivity contribution in [1.82, 2.24) is 14.5 Å². The molecule has 11 heteroatoms. The summed E-state index contributed by atoms with van der Waals surface area (Å²) in [5, 5.41) is 9.14. The van der Waals surface area contributed by atoms with E-state index >= 15 is 0 Å². The molecular weight excluding hydrogens is 498 g/mol. The number of hydrogen-bond donors (Lipinski definition) is 2. The number of carboxylic acid groups (broad SMARTS) is 1. The SMILES string of the molecule is O=C(O)N1CCC(C2OCc3cc(-c4ccc(S(=O)(=O)NCCN5CCOCC5)cc4)ccc3O2)CC1. The first-order valence-corrected chi connectivity index (χ1v) is 14.2. The number of nitrogens with zero attached hydrogens (tertiary/aromatic N) is 2. The molecule has 3 heterocycles. The number of piperidine rings is 1. The van der Waals surface area contributed by atoms with Gasteiger partial charge in [-0.15, -0.1) is 0 Å². The number of rotatable bonds is 7. The molecule has 2 aromatic carbocycles. The van der Waals surface area contributed by atoms with Crippen molar-refractivity contribution in [3.8, 4) is 16.9 Å². The van der Waals surface area contributed by atoms with Gasteiger partial charge in [-0.3, -0.25) is 4.90 Å². The van der Waals surface area contributed by atoms with Gasteiger partial charge < -0.3 is 24.2 Å². The number of ether oxygens (including phenoxy) is 3. The molecule has 200 valence electrons. The fraction of sp³-hybridized carbons (Fsp3) is 0.500. The number of fused-ring (bicyclic) bond motifs is 1. The van der Waals surface area contributed by atoms with Crippen molar-refractivity contribution < 1.29 is 32.5 Å². The highest BCUT2D eigenvalue weighted by molar-refractivity contribution is 7.89. The van der Waals surface area contributed by atoms with E-state index in [1.54, 1.807) is 12.1 Å². The number of hydrogen-bond acceptors (Lipinski definition) is 7. The molecule has 0 spiro atoms. The van der Waals surface area contributed by atoms with Crippen LogP contribution in [0.4, 0.5) is 4.79 Å². The molecule has 3 aliphatic heterocycles. The van der Waals surface area contributed by atoms with Crippen molar-refractivity contribution in [2.24, 2.45) is 5.92 Å². The van der Waals surface area contributed by atoms with E-state index in [0.29, 0.717) is 58.8 Å². The third-order valence-corrected chi connectivity index (χ3v) is 8.70. The smallest absolute Gasteiger partial charge is 0.407 e. The summed E-state index contributed by atoms with van der Waals surface area (Å²) in [6.45, 7) is 5.41. The van der Waals surface area contributed by atoms with Gasteiger partial charge in [0.15, 0.2) is 0 Å². The van der Waals surface area contributed by atoms with Crippen LogP contribution in [0.3, 0.4) is 0 Å². The fourth-order valence-corrected chi connectivity index (χ4v) is 6.01. The highest BCUT2D eigenvalue weighted by Crippen LogP contribution is 2.35. The van der Waals surface area contributed by atoms with Crippen LogP contribution < -0.4 is 9.46 Å². The van der Waals surface area contributed by atoms with E-state index in [1.807, 2.05) is 30.3 Å². The minimum atomic E-state index is -3.58. The minimum absolute atomic E-state index is 0.153. The average Bonchev–Trinajstić information content (AvgIpc) is 2.93. The van der Waals surface area contributed by atoms with Gasteiger partial charge in [0.1, 0.15) is 5.75 Å². The average molecular weight is 532 g/mol. The zero-order chi connectivity index (χ0) is 25.8. The molecule has 0 saturated carbocycles. The molecule has 1 amide bonds. The first-order chi connectivity index (χ1) is 17.9. The molecule has 2 aromatic rings. The third-order valence-electron chi connectivity index (χ3n) is 7.22. The van der Waals surface area contributed by atoms with Crippen LogP contribution in [0.1, 0.15) is 18.4 Å². The Balaban J connectivity index is 1.18. The van der Waals surface area contributed by atoms with Gasteiger partial charge in [0, 0.05) is 50.7 Å². The van der Waals surface area contributed by atoms with Gasteiger partial charge in [-0.1, -0.05) is 18.2 Å². The van der Waals surface area contributed by atoms with Gasteiger partial charge in [-0.25, -0.2) is 17.9 Å². The molecule has 10 nitrogen and oxygen atoms in total. The third kappa shape index (κ3) is 6.24. The molecule has 5 rings (SSSR count). The van der Waals surface area contributed by atoms with E-state index in [2.05, 4.69) is 9.62 Å². The van der Waals surface area contributed by atoms with Crippen LogP contribution in [0, 0.1) is 5.92 Å². The van der Waals surface area contributed by atoms with Crippen LogP contribution in [0.15, 0.2) is 47.4 Å². The second-order valence-electron chi connectivity index (χ2n) is 9.60. The fourth-order valence-electron chi connectivity index (χ4n) is 4.99. The van der Waals surface area contributed by atoms with Crippen LogP contribution in [0.25, 0.3) is 11.1 Å². The van der Waals surface area contributed by atoms with Crippen molar-refractivity contribution in [2.45, 2.75) is 30.6 Å². The lowest BCUT2D eigenvalue weighted by molar-refractivity contribution is -0.148. The molecule has 0 aliphatic carbocycles. The van der Waals surface area contributed by atoms with Gasteiger partial charge in [-0.2, -0.15) is 0 Å². The van der Waals surface area contributed by atoms with Gasteiger partial charge in [0.05, 0.1) is 24.7 Å². The Hall–Kier alpha value is -2.70. The lowest BCUT2D eigenvalue weighted by atomic mass is 9.95. The van der Waals surface area contributed by atoms with Gasteiger partial charge in [0.25, 0.3) is 0 Å². The van der Waals surface area contributed by atoms with Crippen molar-refractivity contribution in [2.75, 3.05) is 52.5 Å². The lowest BCUT2D eigenvalue weighted by Crippen LogP contribution is -2.43. The maximum absolute atomic E-state index is 12.7. The van der Waals surface area contributed by atoms with E-state index < -0.39 is 16.1 Å². The Morgan fingerprint density at radius 3 is 2.41 bits per heavy atom. The van der Waals surface area contributed by atoms with E-state index in [0.717, 1.165) is 35.5 Å². The normalized spacial score (nSPS) is 21.3. The molecule has 2 saturated heterocycles. The monoisotopic (exact) mass is 531 g/mol. The lowest BCUT2D eigenvalue weighted by Gasteiger charge is -2.36. The standard InChI is InChI=1S/C26H33N3O7S/c30-26(31)29-10-7-20(8-11-29)25-35-18-22-17-21(3-6-24(22)36-25)19-1-4-23(5-2-19)37(32,33)27-9-12-28-13-15-34-16-14-28/h1-6,17,20,25,27H,7-16,18H2,(H,30,31). The summed E-state index contributed by atoms with van der Waals surface area (Å²) in [6, 6.07) is 12.7. The molecule has 2 N–H and O–H groups in total. The summed E-state index contributed by atoms with van der Waals surface area (Å²) in [6.07, 6.45) is 0.158. The highest BCUT2D eigenvalue weighted by Gasteiger charge is 2.33. The second-order valence-corrected chi connectivity index (χ2v) is 11.4. The van der Waals surface area contributed by atoms with Crippen molar-refractivity contribution >= 4 is 16.1 Å². The molecule has 37 heavy (non-hydrogen) atoms. The summed E-state index contributed by atoms with van der Waals surface area (Å²) in [5.74, 6) is 0.921. The predicted molar refractivity (Wildman–Crippen MR) is 136 cm³/mol. The van der Waals surface area contributed by atoms with E-state index in [1.165, 1.54) is 4.90 Å². The van der Waals surface area contributed by atoms with E-state index in [9.17, 15) is 13.2 Å². The maximum atomic E-state index is 12.7. The van der Waals surface area contributed by atoms with Crippen LogP contribution >= 0.6 is 0 Å². The van der Waals surface area contributed by atoms with Crippen molar-refractivity contribution in [3.05, 3.63) is 48.0 Å². The van der Waals surface area contributed by atoms with Crippen LogP contribution in [-0.2, 0) is 26.1 Å². The van der Waals surface area contributed by atoms with Crippen LogP contribution in [0.2, 0.25) is 0 Å². The number of likely N-dealkylation sites (tertiary alicyclic amines) is 1. The number of amides is 1. The zero-order valence-electron chi connectivity index (χ0n) is 20.7. The largest absolute Gasteiger partial charge is 0.465 e. The number of nitrogens with one attached hydrogen (secondary N) is 1. The highest BCUT2D eigenvalue weighted by atomic mass is 32.2. The predicted octanol–water partition coefficient (Wildman–Crippen LogP) is 2.59. The summed E-state index contributed by atoms with van der Waals surface area (Å²) in [4.78, 5) is 15.0.